The molecule has 4 rings (SSSR count). The molecule has 0 atom stereocenters. The minimum absolute atomic E-state index is 0.00971. The van der Waals surface area contributed by atoms with Gasteiger partial charge in [0.05, 0.1) is 0 Å². The Morgan fingerprint density at radius 3 is 2.02 bits per heavy atom. The van der Waals surface area contributed by atoms with Gasteiger partial charge >= 0.3 is 272 Å². The van der Waals surface area contributed by atoms with Crippen molar-refractivity contribution in [2.75, 3.05) is 20.7 Å². The minimum atomic E-state index is -5.93. The molecule has 0 radical (unpaired) electrons. The van der Waals surface area contributed by atoms with Crippen LogP contribution >= 0.6 is 0 Å². The van der Waals surface area contributed by atoms with E-state index in [1.807, 2.05) is 0 Å². The maximum absolute atomic E-state index is 14.9. The zero-order valence-corrected chi connectivity index (χ0v) is 26.7. The van der Waals surface area contributed by atoms with Crippen molar-refractivity contribution < 1.29 is 71.4 Å². The molecule has 0 saturated carbocycles. The van der Waals surface area contributed by atoms with E-state index in [0.29, 0.717) is 9.32 Å². The zero-order chi connectivity index (χ0) is 33.7. The average molecular weight is 761 g/mol. The SMILES string of the molecule is COc1ccc([I-]c2ccc(CN(C)C(=O)CCN3C(=O)C=CC3=O)cc2C(OCc2ccccc2)(C(F)(F)F)C(F)(F)F)cc1. The predicted octanol–water partition coefficient (Wildman–Crippen LogP) is 2.63. The molecule has 46 heavy (non-hydrogen) atoms. The van der Waals surface area contributed by atoms with E-state index in [4.69, 9.17) is 9.47 Å². The number of rotatable bonds is 12. The molecule has 7 nitrogen and oxygen atoms in total. The van der Waals surface area contributed by atoms with Crippen LogP contribution < -0.4 is 25.9 Å². The number of carbonyl (C=O) groups is 3. The number of imide groups is 1. The summed E-state index contributed by atoms with van der Waals surface area (Å²) in [7, 11) is 2.75. The van der Waals surface area contributed by atoms with Gasteiger partial charge in [0.2, 0.25) is 0 Å². The van der Waals surface area contributed by atoms with Crippen LogP contribution in [0.2, 0.25) is 0 Å². The van der Waals surface area contributed by atoms with E-state index in [-0.39, 0.29) is 34.2 Å². The molecule has 3 amide bonds. The van der Waals surface area contributed by atoms with Crippen molar-refractivity contribution in [1.29, 1.82) is 0 Å². The number of halogens is 7. The van der Waals surface area contributed by atoms with Crippen LogP contribution in [-0.2, 0) is 37.9 Å². The molecule has 3 aromatic carbocycles. The van der Waals surface area contributed by atoms with Crippen LogP contribution in [0.5, 0.6) is 5.75 Å². The van der Waals surface area contributed by atoms with Crippen molar-refractivity contribution in [3.05, 3.63) is 109 Å². The Morgan fingerprint density at radius 2 is 1.46 bits per heavy atom. The fraction of sp³-hybridized carbons (Fsp3) is 0.281. The molecule has 0 unspecified atom stereocenters. The summed E-state index contributed by atoms with van der Waals surface area (Å²) >= 11 is -1.60. The second-order valence-corrected chi connectivity index (χ2v) is 13.1. The molecule has 1 aliphatic heterocycles. The van der Waals surface area contributed by atoms with Crippen LogP contribution in [0.3, 0.4) is 0 Å². The molecular weight excluding hydrogens is 733 g/mol. The van der Waals surface area contributed by atoms with Gasteiger partial charge in [0.25, 0.3) is 0 Å². The van der Waals surface area contributed by atoms with Crippen LogP contribution in [0.25, 0.3) is 0 Å². The standard InChI is InChI=1S/C32H28F6IN2O5/c1-40(27(42)16-17-41-28(43)14-15-29(41)44)19-22-8-13-26(39-23-9-11-24(45-2)12-10-23)25(18-22)30(31(33,34)35,32(36,37)38)46-20-21-6-4-3-5-7-21/h3-15,18H,16-17,19-20H2,1-2H3/q-1. The number of alkyl halides is 6. The molecule has 3 aromatic rings. The van der Waals surface area contributed by atoms with Gasteiger partial charge in [0.15, 0.2) is 0 Å². The fourth-order valence-corrected chi connectivity index (χ4v) is 7.24. The van der Waals surface area contributed by atoms with Crippen LogP contribution in [0.1, 0.15) is 23.1 Å². The number of nitrogens with zero attached hydrogens (tertiary/aromatic N) is 2. The topological polar surface area (TPSA) is 76.2 Å². The molecule has 14 heteroatoms. The molecule has 0 aliphatic carbocycles. The summed E-state index contributed by atoms with van der Waals surface area (Å²) in [6, 6.07) is 16.9. The van der Waals surface area contributed by atoms with Gasteiger partial charge in [-0.1, -0.05) is 0 Å². The summed E-state index contributed by atoms with van der Waals surface area (Å²) in [6.45, 7) is -1.56. The Bertz CT molecular complexity index is 1560. The van der Waals surface area contributed by atoms with Crippen molar-refractivity contribution in [3.8, 4) is 5.75 Å². The number of hydrogen-bond donors (Lipinski definition) is 0. The Morgan fingerprint density at radius 1 is 0.848 bits per heavy atom. The first-order chi connectivity index (χ1) is 21.7. The Kier molecular flexibility index (Phi) is 10.8. The number of benzene rings is 3. The number of methoxy groups -OCH3 is 1. The molecule has 0 bridgehead atoms. The van der Waals surface area contributed by atoms with E-state index >= 15 is 0 Å². The van der Waals surface area contributed by atoms with Crippen LogP contribution in [0.15, 0.2) is 84.9 Å². The van der Waals surface area contributed by atoms with Crippen molar-refractivity contribution >= 4 is 17.7 Å². The summed E-state index contributed by atoms with van der Waals surface area (Å²) in [5.74, 6) is -1.29. The average Bonchev–Trinajstić information content (AvgIpc) is 3.33. The molecule has 1 heterocycles. The van der Waals surface area contributed by atoms with Gasteiger partial charge < -0.3 is 0 Å². The van der Waals surface area contributed by atoms with Gasteiger partial charge in [0, 0.05) is 0 Å². The van der Waals surface area contributed by atoms with Crippen molar-refractivity contribution in [3.63, 3.8) is 0 Å². The Hall–Kier alpha value is -3.92. The first kappa shape index (κ1) is 34.9. The third kappa shape index (κ3) is 7.71. The number of hydrogen-bond acceptors (Lipinski definition) is 5. The van der Waals surface area contributed by atoms with Gasteiger partial charge in [0.1, 0.15) is 0 Å². The third-order valence-corrected chi connectivity index (χ3v) is 9.93. The van der Waals surface area contributed by atoms with Gasteiger partial charge in [-0.25, -0.2) is 0 Å². The van der Waals surface area contributed by atoms with Gasteiger partial charge in [-0.15, -0.1) is 0 Å². The third-order valence-electron chi connectivity index (χ3n) is 7.06. The molecule has 1 aliphatic rings. The second kappa shape index (κ2) is 14.2. The molecule has 0 fully saturated rings. The molecule has 0 N–H and O–H groups in total. The Labute approximate surface area is 271 Å². The van der Waals surface area contributed by atoms with Crippen LogP contribution in [0, 0.1) is 7.14 Å². The van der Waals surface area contributed by atoms with E-state index in [1.165, 1.54) is 50.6 Å². The number of amides is 3. The molecule has 246 valence electrons. The predicted molar refractivity (Wildman–Crippen MR) is 149 cm³/mol. The number of carbonyl (C=O) groups excluding carboxylic acids is 3. The van der Waals surface area contributed by atoms with Crippen LogP contribution in [0.4, 0.5) is 26.3 Å². The molecular formula is C32H28F6IN2O5-. The van der Waals surface area contributed by atoms with E-state index in [9.17, 15) is 40.7 Å². The van der Waals surface area contributed by atoms with E-state index < -0.39 is 69.1 Å². The van der Waals surface area contributed by atoms with Gasteiger partial charge in [-0.3, -0.25) is 0 Å². The van der Waals surface area contributed by atoms with E-state index in [2.05, 4.69) is 0 Å². The molecule has 0 spiro atoms. The van der Waals surface area contributed by atoms with Crippen molar-refractivity contribution in [2.45, 2.75) is 37.5 Å². The quantitative estimate of drug-likeness (QED) is 0.161. The summed E-state index contributed by atoms with van der Waals surface area (Å²) in [5, 5.41) is 0. The first-order valence-electron chi connectivity index (χ1n) is 13.7. The summed E-state index contributed by atoms with van der Waals surface area (Å²) < 4.78 is 100. The summed E-state index contributed by atoms with van der Waals surface area (Å²) in [6.07, 6.45) is -10.0. The molecule has 0 saturated heterocycles. The first-order valence-corrected chi connectivity index (χ1v) is 15.8. The monoisotopic (exact) mass is 761 g/mol. The summed E-state index contributed by atoms with van der Waals surface area (Å²) in [4.78, 5) is 38.3. The van der Waals surface area contributed by atoms with Gasteiger partial charge in [-0.05, 0) is 0 Å². The Balaban J connectivity index is 1.74. The number of ether oxygens (including phenoxy) is 2. The van der Waals surface area contributed by atoms with E-state index in [1.54, 1.807) is 30.3 Å². The van der Waals surface area contributed by atoms with Crippen molar-refractivity contribution in [1.82, 2.24) is 9.80 Å². The zero-order valence-electron chi connectivity index (χ0n) is 24.5. The second-order valence-electron chi connectivity index (χ2n) is 10.2. The van der Waals surface area contributed by atoms with Crippen LogP contribution in [-0.4, -0.2) is 60.6 Å². The molecule has 0 aromatic heterocycles. The van der Waals surface area contributed by atoms with Gasteiger partial charge in [-0.2, -0.15) is 0 Å². The van der Waals surface area contributed by atoms with Crippen molar-refractivity contribution in [2.24, 2.45) is 0 Å². The normalized spacial score (nSPS) is 13.9. The summed E-state index contributed by atoms with van der Waals surface area (Å²) in [5.41, 5.74) is -5.70. The fourth-order valence-electron chi connectivity index (χ4n) is 4.66. The van der Waals surface area contributed by atoms with E-state index in [0.717, 1.165) is 28.0 Å². The maximum atomic E-state index is 14.9.